The average Bonchev–Trinajstić information content (AvgIpc) is 2.92. The van der Waals surface area contributed by atoms with Crippen LogP contribution in [0, 0.1) is 23.2 Å². The second-order valence-corrected chi connectivity index (χ2v) is 6.71. The summed E-state index contributed by atoms with van der Waals surface area (Å²) in [5, 5.41) is 11.8. The molecular weight excluding hydrogens is 287 g/mol. The molecule has 0 radical (unpaired) electrons. The van der Waals surface area contributed by atoms with Crippen LogP contribution >= 0.6 is 0 Å². The van der Waals surface area contributed by atoms with E-state index < -0.39 is 35.3 Å². The summed E-state index contributed by atoms with van der Waals surface area (Å²) >= 11 is 0. The molecule has 2 N–H and O–H groups in total. The minimum absolute atomic E-state index is 0.0187. The molecule has 4 nitrogen and oxygen atoms in total. The van der Waals surface area contributed by atoms with Crippen molar-refractivity contribution in [3.05, 3.63) is 0 Å². The lowest BCUT2D eigenvalue weighted by Gasteiger charge is -2.30. The minimum atomic E-state index is -4.16. The number of nitrogens with one attached hydrogen (secondary N) is 1. The van der Waals surface area contributed by atoms with Crippen LogP contribution in [0.15, 0.2) is 0 Å². The van der Waals surface area contributed by atoms with Crippen molar-refractivity contribution >= 4 is 11.9 Å². The van der Waals surface area contributed by atoms with Gasteiger partial charge in [0.15, 0.2) is 0 Å². The van der Waals surface area contributed by atoms with Crippen LogP contribution in [0.1, 0.15) is 39.5 Å². The monoisotopic (exact) mass is 307 g/mol. The third-order valence-electron chi connectivity index (χ3n) is 4.91. The van der Waals surface area contributed by atoms with Crippen LogP contribution in [0.4, 0.5) is 13.2 Å². The van der Waals surface area contributed by atoms with E-state index in [0.29, 0.717) is 12.8 Å². The predicted octanol–water partition coefficient (Wildman–Crippen LogP) is 2.58. The average molecular weight is 307 g/mol. The first kappa shape index (κ1) is 16.1. The highest BCUT2D eigenvalue weighted by Crippen LogP contribution is 2.58. The molecule has 0 saturated heterocycles. The van der Waals surface area contributed by atoms with Crippen molar-refractivity contribution in [1.29, 1.82) is 0 Å². The summed E-state index contributed by atoms with van der Waals surface area (Å²) in [4.78, 5) is 23.1. The van der Waals surface area contributed by atoms with Gasteiger partial charge in [-0.3, -0.25) is 9.59 Å². The molecule has 0 spiro atoms. The van der Waals surface area contributed by atoms with E-state index in [-0.39, 0.29) is 24.8 Å². The van der Waals surface area contributed by atoms with E-state index >= 15 is 0 Å². The van der Waals surface area contributed by atoms with Crippen molar-refractivity contribution in [2.24, 2.45) is 23.2 Å². The van der Waals surface area contributed by atoms with Crippen LogP contribution in [0.25, 0.3) is 0 Å². The van der Waals surface area contributed by atoms with Gasteiger partial charge in [0.1, 0.15) is 0 Å². The fourth-order valence-electron chi connectivity index (χ4n) is 3.44. The van der Waals surface area contributed by atoms with Crippen LogP contribution in [-0.4, -0.2) is 29.2 Å². The lowest BCUT2D eigenvalue weighted by atomic mass is 9.85. The second-order valence-electron chi connectivity index (χ2n) is 6.71. The Labute approximate surface area is 121 Å². The van der Waals surface area contributed by atoms with E-state index in [0.717, 1.165) is 0 Å². The molecule has 120 valence electrons. The van der Waals surface area contributed by atoms with Crippen molar-refractivity contribution in [1.82, 2.24) is 5.32 Å². The lowest BCUT2D eigenvalue weighted by Crippen LogP contribution is -2.41. The van der Waals surface area contributed by atoms with E-state index in [2.05, 4.69) is 5.32 Å². The number of alkyl halides is 3. The highest BCUT2D eigenvalue weighted by Gasteiger charge is 2.66. The Bertz CT molecular complexity index is 439. The molecule has 2 atom stereocenters. The van der Waals surface area contributed by atoms with Gasteiger partial charge in [-0.1, -0.05) is 13.8 Å². The van der Waals surface area contributed by atoms with Gasteiger partial charge in [-0.25, -0.2) is 0 Å². The Morgan fingerprint density at radius 3 is 2.00 bits per heavy atom. The highest BCUT2D eigenvalue weighted by atomic mass is 19.4. The van der Waals surface area contributed by atoms with Gasteiger partial charge in [0.05, 0.1) is 17.8 Å². The minimum Gasteiger partial charge on any atom is -0.481 e. The quantitative estimate of drug-likeness (QED) is 0.842. The van der Waals surface area contributed by atoms with Gasteiger partial charge in [0.2, 0.25) is 5.91 Å². The van der Waals surface area contributed by atoms with Crippen molar-refractivity contribution in [2.45, 2.75) is 51.7 Å². The predicted molar refractivity (Wildman–Crippen MR) is 68.3 cm³/mol. The summed E-state index contributed by atoms with van der Waals surface area (Å²) in [6.07, 6.45) is -3.54. The zero-order valence-electron chi connectivity index (χ0n) is 12.0. The lowest BCUT2D eigenvalue weighted by molar-refractivity contribution is -0.182. The molecule has 0 aliphatic heterocycles. The second kappa shape index (κ2) is 5.18. The molecule has 0 aromatic heterocycles. The number of carbonyl (C=O) groups excluding carboxylic acids is 1. The smallest absolute Gasteiger partial charge is 0.391 e. The standard InChI is InChI=1S/C14H20F3NO3/c1-13(2)9(10(13)12(20)21)11(19)18-8-5-3-7(4-6-8)14(15,16)17/h7-10H,3-6H2,1-2H3,(H,18,19)(H,20,21)/t7?,8?,9-,10+/m1/s1. The van der Waals surface area contributed by atoms with Crippen molar-refractivity contribution in [3.8, 4) is 0 Å². The molecule has 1 amide bonds. The SMILES string of the molecule is CC1(C)[C@H](C(=O)O)[C@@H]1C(=O)NC1CCC(C(F)(F)F)CC1. The molecular formula is C14H20F3NO3. The summed E-state index contributed by atoms with van der Waals surface area (Å²) in [5.41, 5.74) is -0.584. The third-order valence-corrected chi connectivity index (χ3v) is 4.91. The van der Waals surface area contributed by atoms with Gasteiger partial charge >= 0.3 is 12.1 Å². The fourth-order valence-corrected chi connectivity index (χ4v) is 3.44. The summed E-state index contributed by atoms with van der Waals surface area (Å²) in [7, 11) is 0. The summed E-state index contributed by atoms with van der Waals surface area (Å²) in [6, 6.07) is -0.276. The largest absolute Gasteiger partial charge is 0.481 e. The molecule has 2 saturated carbocycles. The van der Waals surface area contributed by atoms with Crippen LogP contribution in [0.3, 0.4) is 0 Å². The number of rotatable bonds is 3. The van der Waals surface area contributed by atoms with E-state index in [4.69, 9.17) is 5.11 Å². The third kappa shape index (κ3) is 3.16. The molecule has 7 heteroatoms. The van der Waals surface area contributed by atoms with E-state index in [1.54, 1.807) is 13.8 Å². The number of hydrogen-bond acceptors (Lipinski definition) is 2. The number of carboxylic acid groups (broad SMARTS) is 1. The zero-order valence-corrected chi connectivity index (χ0v) is 12.0. The Morgan fingerprint density at radius 2 is 1.62 bits per heavy atom. The maximum atomic E-state index is 12.6. The van der Waals surface area contributed by atoms with Gasteiger partial charge < -0.3 is 10.4 Å². The highest BCUT2D eigenvalue weighted by molar-refractivity contribution is 5.91. The normalized spacial score (nSPS) is 35.1. The van der Waals surface area contributed by atoms with Crippen molar-refractivity contribution in [2.75, 3.05) is 0 Å². The molecule has 0 heterocycles. The number of aliphatic carboxylic acids is 1. The number of hydrogen-bond donors (Lipinski definition) is 2. The van der Waals surface area contributed by atoms with Crippen LogP contribution < -0.4 is 5.32 Å². The van der Waals surface area contributed by atoms with Gasteiger partial charge in [-0.05, 0) is 31.1 Å². The molecule has 21 heavy (non-hydrogen) atoms. The van der Waals surface area contributed by atoms with E-state index in [9.17, 15) is 22.8 Å². The number of carbonyl (C=O) groups is 2. The topological polar surface area (TPSA) is 66.4 Å². The zero-order chi connectivity index (χ0) is 16.0. The van der Waals surface area contributed by atoms with Crippen LogP contribution in [-0.2, 0) is 9.59 Å². The van der Waals surface area contributed by atoms with Gasteiger partial charge in [0, 0.05) is 6.04 Å². The maximum absolute atomic E-state index is 12.6. The Hall–Kier alpha value is -1.27. The first-order valence-corrected chi connectivity index (χ1v) is 7.15. The molecule has 0 aromatic carbocycles. The first-order chi connectivity index (χ1) is 9.55. The van der Waals surface area contributed by atoms with E-state index in [1.807, 2.05) is 0 Å². The number of carboxylic acids is 1. The molecule has 0 unspecified atom stereocenters. The van der Waals surface area contributed by atoms with Gasteiger partial charge in [-0.2, -0.15) is 13.2 Å². The molecule has 2 rings (SSSR count). The number of amides is 1. The van der Waals surface area contributed by atoms with Gasteiger partial charge in [-0.15, -0.1) is 0 Å². The molecule has 0 aromatic rings. The van der Waals surface area contributed by atoms with E-state index in [1.165, 1.54) is 0 Å². The van der Waals surface area contributed by atoms with Gasteiger partial charge in [0.25, 0.3) is 0 Å². The molecule has 2 fully saturated rings. The summed E-state index contributed by atoms with van der Waals surface area (Å²) in [5.74, 6) is -3.92. The molecule has 2 aliphatic carbocycles. The van der Waals surface area contributed by atoms with Crippen molar-refractivity contribution < 1.29 is 27.9 Å². The Balaban J connectivity index is 1.85. The first-order valence-electron chi connectivity index (χ1n) is 7.15. The maximum Gasteiger partial charge on any atom is 0.391 e. The van der Waals surface area contributed by atoms with Crippen LogP contribution in [0.2, 0.25) is 0 Å². The summed E-state index contributed by atoms with van der Waals surface area (Å²) in [6.45, 7) is 3.44. The summed E-state index contributed by atoms with van der Waals surface area (Å²) < 4.78 is 37.7. The molecule has 2 aliphatic rings. The fraction of sp³-hybridized carbons (Fsp3) is 0.857. The van der Waals surface area contributed by atoms with Crippen LogP contribution in [0.5, 0.6) is 0 Å². The van der Waals surface area contributed by atoms with Crippen molar-refractivity contribution in [3.63, 3.8) is 0 Å². The molecule has 0 bridgehead atoms. The Morgan fingerprint density at radius 1 is 1.10 bits per heavy atom. The number of halogens is 3. The Kier molecular flexibility index (Phi) is 3.97.